The molecule has 1 N–H and O–H groups in total. The highest BCUT2D eigenvalue weighted by atomic mass is 15.4. The van der Waals surface area contributed by atoms with Crippen molar-refractivity contribution in [1.82, 2.24) is 20.3 Å². The second-order valence-electron chi connectivity index (χ2n) is 5.57. The van der Waals surface area contributed by atoms with E-state index in [9.17, 15) is 0 Å². The summed E-state index contributed by atoms with van der Waals surface area (Å²) in [6.45, 7) is 3.22. The lowest BCUT2D eigenvalue weighted by atomic mass is 9.96. The van der Waals surface area contributed by atoms with E-state index < -0.39 is 0 Å². The summed E-state index contributed by atoms with van der Waals surface area (Å²) < 4.78 is 1.79. The fourth-order valence-electron chi connectivity index (χ4n) is 3.04. The number of hydrogen-bond acceptors (Lipinski definition) is 3. The third-order valence-electron chi connectivity index (χ3n) is 4.00. The molecule has 0 spiro atoms. The van der Waals surface area contributed by atoms with Crippen molar-refractivity contribution < 1.29 is 0 Å². The Morgan fingerprint density at radius 2 is 2.22 bits per heavy atom. The van der Waals surface area contributed by atoms with Gasteiger partial charge in [-0.1, -0.05) is 37.8 Å². The lowest BCUT2D eigenvalue weighted by molar-refractivity contribution is 0.405. The van der Waals surface area contributed by atoms with Crippen molar-refractivity contribution >= 4 is 0 Å². The van der Waals surface area contributed by atoms with E-state index in [-0.39, 0.29) is 0 Å². The molecule has 1 heterocycles. The van der Waals surface area contributed by atoms with Gasteiger partial charge < -0.3 is 5.32 Å². The van der Waals surface area contributed by atoms with E-state index in [1.807, 2.05) is 13.2 Å². The summed E-state index contributed by atoms with van der Waals surface area (Å²) in [6.07, 6.45) is 11.5. The summed E-state index contributed by atoms with van der Waals surface area (Å²) in [5, 5.41) is 11.8. The van der Waals surface area contributed by atoms with Gasteiger partial charge in [0.1, 0.15) is 0 Å². The molecular weight excluding hydrogens is 224 g/mol. The van der Waals surface area contributed by atoms with Crippen LogP contribution in [-0.2, 0) is 13.5 Å². The molecule has 1 fully saturated rings. The maximum Gasteiger partial charge on any atom is 0.0842 e. The molecule has 1 saturated carbocycles. The van der Waals surface area contributed by atoms with Crippen LogP contribution < -0.4 is 5.32 Å². The molecule has 1 atom stereocenters. The summed E-state index contributed by atoms with van der Waals surface area (Å²) in [5.41, 5.74) is 1.11. The maximum absolute atomic E-state index is 4.19. The van der Waals surface area contributed by atoms with Crippen LogP contribution in [0.25, 0.3) is 0 Å². The molecule has 1 aromatic rings. The first-order chi connectivity index (χ1) is 8.78. The van der Waals surface area contributed by atoms with Gasteiger partial charge in [-0.3, -0.25) is 4.68 Å². The largest absolute Gasteiger partial charge is 0.314 e. The van der Waals surface area contributed by atoms with Crippen molar-refractivity contribution in [2.45, 2.75) is 57.9 Å². The van der Waals surface area contributed by atoms with E-state index in [4.69, 9.17) is 0 Å². The zero-order chi connectivity index (χ0) is 12.8. The lowest BCUT2D eigenvalue weighted by Crippen LogP contribution is -2.31. The van der Waals surface area contributed by atoms with Crippen molar-refractivity contribution in [3.05, 3.63) is 11.9 Å². The number of aromatic nitrogens is 3. The smallest absolute Gasteiger partial charge is 0.0842 e. The number of hydrogen-bond donors (Lipinski definition) is 1. The van der Waals surface area contributed by atoms with Crippen LogP contribution in [0.1, 0.15) is 51.1 Å². The Kier molecular flexibility index (Phi) is 5.17. The molecule has 1 unspecified atom stereocenters. The normalized spacial score (nSPS) is 18.3. The number of nitrogens with zero attached hydrogens (tertiary/aromatic N) is 3. The van der Waals surface area contributed by atoms with Gasteiger partial charge >= 0.3 is 0 Å². The monoisotopic (exact) mass is 250 g/mol. The highest BCUT2D eigenvalue weighted by molar-refractivity contribution is 4.95. The predicted octanol–water partition coefficient (Wildman–Crippen LogP) is 2.31. The minimum Gasteiger partial charge on any atom is -0.314 e. The molecule has 0 amide bonds. The molecule has 1 aromatic heterocycles. The van der Waals surface area contributed by atoms with Crippen LogP contribution in [-0.4, -0.2) is 27.6 Å². The molecule has 18 heavy (non-hydrogen) atoms. The Labute approximate surface area is 110 Å². The lowest BCUT2D eigenvalue weighted by Gasteiger charge is -2.18. The van der Waals surface area contributed by atoms with Gasteiger partial charge in [-0.2, -0.15) is 0 Å². The highest BCUT2D eigenvalue weighted by Crippen LogP contribution is 2.29. The first-order valence-electron chi connectivity index (χ1n) is 7.36. The van der Waals surface area contributed by atoms with E-state index in [0.29, 0.717) is 6.04 Å². The summed E-state index contributed by atoms with van der Waals surface area (Å²) >= 11 is 0. The molecule has 4 nitrogen and oxygen atoms in total. The maximum atomic E-state index is 4.19. The Bertz CT molecular complexity index is 341. The van der Waals surface area contributed by atoms with Crippen LogP contribution in [0.15, 0.2) is 6.20 Å². The van der Waals surface area contributed by atoms with Gasteiger partial charge in [0.2, 0.25) is 0 Å². The standard InChI is InChI=1S/C14H26N4/c1-3-15-13(9-8-12-6-4-5-7-12)10-14-11-18(2)17-16-14/h11-13,15H,3-10H2,1-2H3. The number of aryl methyl sites for hydroxylation is 1. The van der Waals surface area contributed by atoms with E-state index in [1.165, 1.54) is 38.5 Å². The number of likely N-dealkylation sites (N-methyl/N-ethyl adjacent to an activating group) is 1. The molecule has 2 rings (SSSR count). The van der Waals surface area contributed by atoms with Crippen LogP contribution >= 0.6 is 0 Å². The van der Waals surface area contributed by atoms with E-state index in [1.54, 1.807) is 4.68 Å². The van der Waals surface area contributed by atoms with Crippen molar-refractivity contribution in [1.29, 1.82) is 0 Å². The highest BCUT2D eigenvalue weighted by Gasteiger charge is 2.17. The van der Waals surface area contributed by atoms with E-state index >= 15 is 0 Å². The third kappa shape index (κ3) is 4.09. The van der Waals surface area contributed by atoms with Crippen molar-refractivity contribution in [3.8, 4) is 0 Å². The van der Waals surface area contributed by atoms with Crippen molar-refractivity contribution in [2.75, 3.05) is 6.54 Å². The minimum absolute atomic E-state index is 0.562. The number of nitrogens with one attached hydrogen (secondary N) is 1. The van der Waals surface area contributed by atoms with Crippen molar-refractivity contribution in [2.24, 2.45) is 13.0 Å². The molecule has 0 radical (unpaired) electrons. The summed E-state index contributed by atoms with van der Waals surface area (Å²) in [6, 6.07) is 0.562. The van der Waals surface area contributed by atoms with Gasteiger partial charge in [0.15, 0.2) is 0 Å². The Morgan fingerprint density at radius 1 is 1.44 bits per heavy atom. The fourth-order valence-corrected chi connectivity index (χ4v) is 3.04. The van der Waals surface area contributed by atoms with Crippen LogP contribution in [0.2, 0.25) is 0 Å². The predicted molar refractivity (Wildman–Crippen MR) is 73.4 cm³/mol. The quantitative estimate of drug-likeness (QED) is 0.807. The topological polar surface area (TPSA) is 42.7 Å². The first kappa shape index (κ1) is 13.5. The second kappa shape index (κ2) is 6.88. The Hall–Kier alpha value is -0.900. The van der Waals surface area contributed by atoms with Crippen LogP contribution in [0.5, 0.6) is 0 Å². The van der Waals surface area contributed by atoms with Crippen LogP contribution in [0.3, 0.4) is 0 Å². The van der Waals surface area contributed by atoms with Gasteiger partial charge in [-0.25, -0.2) is 0 Å². The summed E-state index contributed by atoms with van der Waals surface area (Å²) in [7, 11) is 1.93. The molecule has 0 saturated heterocycles. The van der Waals surface area contributed by atoms with Gasteiger partial charge in [-0.15, -0.1) is 5.10 Å². The van der Waals surface area contributed by atoms with Gasteiger partial charge in [0.05, 0.1) is 5.69 Å². The summed E-state index contributed by atoms with van der Waals surface area (Å²) in [5.74, 6) is 0.980. The second-order valence-corrected chi connectivity index (χ2v) is 5.57. The molecular formula is C14H26N4. The average Bonchev–Trinajstić information content (AvgIpc) is 2.98. The Balaban J connectivity index is 1.79. The minimum atomic E-state index is 0.562. The number of rotatable bonds is 7. The SMILES string of the molecule is CCNC(CCC1CCCC1)Cc1cn(C)nn1. The van der Waals surface area contributed by atoms with Crippen molar-refractivity contribution in [3.63, 3.8) is 0 Å². The zero-order valence-corrected chi connectivity index (χ0v) is 11.7. The molecule has 1 aliphatic carbocycles. The fraction of sp³-hybridized carbons (Fsp3) is 0.857. The van der Waals surface area contributed by atoms with Gasteiger partial charge in [-0.05, 0) is 25.3 Å². The first-order valence-corrected chi connectivity index (χ1v) is 7.36. The molecule has 1 aliphatic rings. The molecule has 102 valence electrons. The Morgan fingerprint density at radius 3 is 2.83 bits per heavy atom. The van der Waals surface area contributed by atoms with E-state index in [2.05, 4.69) is 22.6 Å². The zero-order valence-electron chi connectivity index (χ0n) is 11.7. The third-order valence-corrected chi connectivity index (χ3v) is 4.00. The van der Waals surface area contributed by atoms with Gasteiger partial charge in [0.25, 0.3) is 0 Å². The van der Waals surface area contributed by atoms with Crippen LogP contribution in [0, 0.1) is 5.92 Å². The molecule has 0 aliphatic heterocycles. The van der Waals surface area contributed by atoms with E-state index in [0.717, 1.165) is 24.6 Å². The molecule has 0 bridgehead atoms. The molecule has 4 heteroatoms. The molecule has 0 aromatic carbocycles. The van der Waals surface area contributed by atoms with Crippen LogP contribution in [0.4, 0.5) is 0 Å². The van der Waals surface area contributed by atoms with Gasteiger partial charge in [0, 0.05) is 25.7 Å². The summed E-state index contributed by atoms with van der Waals surface area (Å²) in [4.78, 5) is 0. The average molecular weight is 250 g/mol.